The van der Waals surface area contributed by atoms with Crippen LogP contribution in [0.15, 0.2) is 48.5 Å². The minimum absolute atomic E-state index is 0.0304. The van der Waals surface area contributed by atoms with Gasteiger partial charge in [-0.05, 0) is 55.5 Å². The van der Waals surface area contributed by atoms with Crippen LogP contribution in [0.1, 0.15) is 27.6 Å². The molecule has 0 saturated carbocycles. The Morgan fingerprint density at radius 1 is 0.793 bits per heavy atom. The molecule has 0 aliphatic heterocycles. The summed E-state index contributed by atoms with van der Waals surface area (Å²) in [6, 6.07) is 11.9. The number of hydrogen-bond acceptors (Lipinski definition) is 7. The van der Waals surface area contributed by atoms with Crippen LogP contribution >= 0.6 is 0 Å². The van der Waals surface area contributed by atoms with Gasteiger partial charge in [0.2, 0.25) is 5.91 Å². The van der Waals surface area contributed by atoms with Crippen molar-refractivity contribution in [3.8, 4) is 11.5 Å². The predicted octanol–water partition coefficient (Wildman–Crippen LogP) is 2.66. The fourth-order valence-electron chi connectivity index (χ4n) is 2.54. The van der Waals surface area contributed by atoms with Gasteiger partial charge >= 0.3 is 6.09 Å². The van der Waals surface area contributed by atoms with Crippen LogP contribution in [-0.4, -0.2) is 44.4 Å². The highest BCUT2D eigenvalue weighted by molar-refractivity contribution is 6.28. The van der Waals surface area contributed by atoms with Crippen LogP contribution in [0.2, 0.25) is 0 Å². The van der Waals surface area contributed by atoms with Crippen molar-refractivity contribution in [2.75, 3.05) is 20.8 Å². The molecule has 2 amide bonds. The smallest absolute Gasteiger partial charge is 0.413 e. The molecule has 0 aliphatic rings. The summed E-state index contributed by atoms with van der Waals surface area (Å²) in [5.41, 5.74) is 0.244. The third-order valence-electron chi connectivity index (χ3n) is 4.04. The van der Waals surface area contributed by atoms with Crippen LogP contribution in [0.25, 0.3) is 0 Å². The highest BCUT2D eigenvalue weighted by atomic mass is 16.5. The first-order valence-corrected chi connectivity index (χ1v) is 8.75. The number of amides is 2. The maximum absolute atomic E-state index is 13.0. The van der Waals surface area contributed by atoms with Crippen LogP contribution in [0, 0.1) is 5.92 Å². The van der Waals surface area contributed by atoms with Gasteiger partial charge in [0.25, 0.3) is 0 Å². The lowest BCUT2D eigenvalue weighted by atomic mass is 9.89. The number of alkyl carbamates (subject to hydrolysis) is 1. The fraction of sp³-hybridized carbons (Fsp3) is 0.238. The van der Waals surface area contributed by atoms with Crippen LogP contribution in [-0.2, 0) is 9.53 Å². The minimum atomic E-state index is -1.76. The van der Waals surface area contributed by atoms with E-state index in [1.165, 1.54) is 62.8 Å². The lowest BCUT2D eigenvalue weighted by Crippen LogP contribution is -2.43. The van der Waals surface area contributed by atoms with Crippen molar-refractivity contribution >= 4 is 23.6 Å². The first-order valence-electron chi connectivity index (χ1n) is 8.75. The van der Waals surface area contributed by atoms with Crippen molar-refractivity contribution in [2.24, 2.45) is 5.92 Å². The Labute approximate surface area is 167 Å². The molecule has 0 aromatic heterocycles. The number of hydrogen-bond donors (Lipinski definition) is 1. The standard InChI is InChI=1S/C21H21NO7/c1-4-29-21(26)22-20(25)17(18(23)13-5-9-15(27-2)10-6-13)19(24)14-7-11-16(28-3)12-8-14/h5-12,17H,4H2,1-3H3,(H,22,25,26). The minimum Gasteiger partial charge on any atom is -0.497 e. The van der Waals surface area contributed by atoms with Crippen LogP contribution in [0.5, 0.6) is 11.5 Å². The number of nitrogens with one attached hydrogen (secondary N) is 1. The molecule has 0 atom stereocenters. The topological polar surface area (TPSA) is 108 Å². The van der Waals surface area contributed by atoms with Gasteiger partial charge in [0.15, 0.2) is 17.5 Å². The second-order valence-corrected chi connectivity index (χ2v) is 5.83. The summed E-state index contributed by atoms with van der Waals surface area (Å²) in [6.07, 6.45) is -1.03. The van der Waals surface area contributed by atoms with Crippen molar-refractivity contribution < 1.29 is 33.4 Å². The van der Waals surface area contributed by atoms with Gasteiger partial charge in [-0.2, -0.15) is 0 Å². The number of carbonyl (C=O) groups excluding carboxylic acids is 4. The number of rotatable bonds is 8. The SMILES string of the molecule is CCOC(=O)NC(=O)C(C(=O)c1ccc(OC)cc1)C(=O)c1ccc(OC)cc1. The molecule has 0 bridgehead atoms. The largest absolute Gasteiger partial charge is 0.497 e. The summed E-state index contributed by atoms with van der Waals surface area (Å²) < 4.78 is 14.8. The Morgan fingerprint density at radius 2 is 1.21 bits per heavy atom. The number of imide groups is 1. The van der Waals surface area contributed by atoms with Gasteiger partial charge in [0.1, 0.15) is 11.5 Å². The molecular weight excluding hydrogens is 378 g/mol. The molecule has 2 rings (SSSR count). The fourth-order valence-corrected chi connectivity index (χ4v) is 2.54. The molecule has 2 aromatic rings. The second-order valence-electron chi connectivity index (χ2n) is 5.83. The quantitative estimate of drug-likeness (QED) is 0.537. The molecule has 29 heavy (non-hydrogen) atoms. The monoisotopic (exact) mass is 399 g/mol. The Bertz CT molecular complexity index is 829. The third kappa shape index (κ3) is 5.41. The first kappa shape index (κ1) is 21.6. The normalized spacial score (nSPS) is 10.2. The maximum atomic E-state index is 13.0. The average molecular weight is 399 g/mol. The van der Waals surface area contributed by atoms with Crippen molar-refractivity contribution in [1.82, 2.24) is 5.32 Å². The number of Topliss-reactive ketones (excluding diaryl/α,β-unsaturated/α-hetero) is 2. The second kappa shape index (κ2) is 10.0. The Morgan fingerprint density at radius 3 is 1.55 bits per heavy atom. The van der Waals surface area contributed by atoms with E-state index in [2.05, 4.69) is 4.74 Å². The molecule has 2 aromatic carbocycles. The summed E-state index contributed by atoms with van der Waals surface area (Å²) in [5.74, 6) is -3.32. The van der Waals surface area contributed by atoms with Crippen LogP contribution in [0.3, 0.4) is 0 Å². The van der Waals surface area contributed by atoms with Crippen molar-refractivity contribution in [3.05, 3.63) is 59.7 Å². The average Bonchev–Trinajstić information content (AvgIpc) is 2.74. The van der Waals surface area contributed by atoms with E-state index in [1.807, 2.05) is 5.32 Å². The summed E-state index contributed by atoms with van der Waals surface area (Å²) in [7, 11) is 2.94. The van der Waals surface area contributed by atoms with E-state index in [1.54, 1.807) is 6.92 Å². The van der Waals surface area contributed by atoms with Gasteiger partial charge in [0, 0.05) is 11.1 Å². The Hall–Kier alpha value is -3.68. The van der Waals surface area contributed by atoms with E-state index in [0.29, 0.717) is 11.5 Å². The number of ether oxygens (including phenoxy) is 3. The van der Waals surface area contributed by atoms with Crippen LogP contribution < -0.4 is 14.8 Å². The number of methoxy groups -OCH3 is 2. The summed E-state index contributed by atoms with van der Waals surface area (Å²) in [5, 5.41) is 1.94. The van der Waals surface area contributed by atoms with E-state index < -0.39 is 29.5 Å². The Balaban J connectivity index is 2.37. The van der Waals surface area contributed by atoms with Crippen molar-refractivity contribution in [3.63, 3.8) is 0 Å². The molecule has 1 N–H and O–H groups in total. The third-order valence-corrected chi connectivity index (χ3v) is 4.04. The van der Waals surface area contributed by atoms with Gasteiger partial charge in [-0.15, -0.1) is 0 Å². The number of benzene rings is 2. The van der Waals surface area contributed by atoms with E-state index >= 15 is 0 Å². The zero-order valence-electron chi connectivity index (χ0n) is 16.3. The molecule has 0 saturated heterocycles. The highest BCUT2D eigenvalue weighted by Gasteiger charge is 2.36. The highest BCUT2D eigenvalue weighted by Crippen LogP contribution is 2.20. The van der Waals surface area contributed by atoms with E-state index in [9.17, 15) is 19.2 Å². The van der Waals surface area contributed by atoms with E-state index in [0.717, 1.165) is 0 Å². The molecule has 0 spiro atoms. The zero-order chi connectivity index (χ0) is 21.4. The molecular formula is C21H21NO7. The molecule has 152 valence electrons. The maximum Gasteiger partial charge on any atom is 0.413 e. The molecule has 0 fully saturated rings. The summed E-state index contributed by atoms with van der Waals surface area (Å²) >= 11 is 0. The van der Waals surface area contributed by atoms with Gasteiger partial charge in [0.05, 0.1) is 20.8 Å². The first-order chi connectivity index (χ1) is 13.9. The zero-order valence-corrected chi connectivity index (χ0v) is 16.3. The van der Waals surface area contributed by atoms with Gasteiger partial charge in [-0.25, -0.2) is 4.79 Å². The van der Waals surface area contributed by atoms with Gasteiger partial charge in [-0.3, -0.25) is 19.7 Å². The van der Waals surface area contributed by atoms with Gasteiger partial charge < -0.3 is 14.2 Å². The summed E-state index contributed by atoms with van der Waals surface area (Å²) in [6.45, 7) is 1.59. The van der Waals surface area contributed by atoms with Crippen molar-refractivity contribution in [2.45, 2.75) is 6.92 Å². The number of ketones is 2. The van der Waals surface area contributed by atoms with E-state index in [4.69, 9.17) is 9.47 Å². The lowest BCUT2D eigenvalue weighted by Gasteiger charge is -2.15. The molecule has 0 aliphatic carbocycles. The molecule has 8 heteroatoms. The van der Waals surface area contributed by atoms with Gasteiger partial charge in [-0.1, -0.05) is 0 Å². The summed E-state index contributed by atoms with van der Waals surface area (Å²) in [4.78, 5) is 50.2. The molecule has 0 heterocycles. The van der Waals surface area contributed by atoms with E-state index in [-0.39, 0.29) is 17.7 Å². The molecule has 8 nitrogen and oxygen atoms in total. The predicted molar refractivity (Wildman–Crippen MR) is 103 cm³/mol. The number of carbonyl (C=O) groups is 4. The molecule has 0 unspecified atom stereocenters. The van der Waals surface area contributed by atoms with Crippen LogP contribution in [0.4, 0.5) is 4.79 Å². The Kier molecular flexibility index (Phi) is 7.47. The lowest BCUT2D eigenvalue weighted by molar-refractivity contribution is -0.121. The molecule has 0 radical (unpaired) electrons. The van der Waals surface area contributed by atoms with Crippen molar-refractivity contribution in [1.29, 1.82) is 0 Å².